The summed E-state index contributed by atoms with van der Waals surface area (Å²) in [6.45, 7) is 9.75. The molecule has 3 N–H and O–H groups in total. The Labute approximate surface area is 131 Å². The molecule has 1 fully saturated rings. The number of aromatic amines is 1. The summed E-state index contributed by atoms with van der Waals surface area (Å²) in [5, 5.41) is 5.93. The van der Waals surface area contributed by atoms with E-state index in [4.69, 9.17) is 0 Å². The highest BCUT2D eigenvalue weighted by Crippen LogP contribution is 2.23. The van der Waals surface area contributed by atoms with Crippen LogP contribution in [-0.4, -0.2) is 28.9 Å². The highest BCUT2D eigenvalue weighted by Gasteiger charge is 2.27. The normalized spacial score (nSPS) is 21.4. The molecule has 1 saturated carbocycles. The van der Waals surface area contributed by atoms with Crippen molar-refractivity contribution < 1.29 is 9.59 Å². The van der Waals surface area contributed by atoms with Crippen LogP contribution in [-0.2, 0) is 10.2 Å². The second-order valence-corrected chi connectivity index (χ2v) is 6.95. The fourth-order valence-corrected chi connectivity index (χ4v) is 2.73. The molecule has 0 unspecified atom stereocenters. The van der Waals surface area contributed by atoms with Gasteiger partial charge < -0.3 is 15.6 Å². The zero-order valence-corrected chi connectivity index (χ0v) is 13.5. The van der Waals surface area contributed by atoms with Crippen LogP contribution < -0.4 is 10.6 Å². The second-order valence-electron chi connectivity index (χ2n) is 6.95. The first kappa shape index (κ1) is 16.3. The SMILES string of the molecule is C=CC(=O)N[C@@H]1CC[C@@H](NC(=O)c2c[nH]c(C(C)(C)C)c2)C1. The van der Waals surface area contributed by atoms with Gasteiger partial charge in [0, 0.05) is 29.4 Å². The summed E-state index contributed by atoms with van der Waals surface area (Å²) < 4.78 is 0. The highest BCUT2D eigenvalue weighted by atomic mass is 16.2. The summed E-state index contributed by atoms with van der Waals surface area (Å²) in [6, 6.07) is 2.13. The molecule has 2 atom stereocenters. The molecule has 0 spiro atoms. The highest BCUT2D eigenvalue weighted by molar-refractivity contribution is 5.94. The lowest BCUT2D eigenvalue weighted by Gasteiger charge is -2.16. The zero-order valence-electron chi connectivity index (χ0n) is 13.5. The van der Waals surface area contributed by atoms with E-state index in [9.17, 15) is 9.59 Å². The summed E-state index contributed by atoms with van der Waals surface area (Å²) in [7, 11) is 0. The van der Waals surface area contributed by atoms with Gasteiger partial charge in [0.1, 0.15) is 0 Å². The maximum Gasteiger partial charge on any atom is 0.253 e. The van der Waals surface area contributed by atoms with E-state index in [2.05, 4.69) is 43.0 Å². The Hall–Kier alpha value is -2.04. The van der Waals surface area contributed by atoms with Crippen LogP contribution >= 0.6 is 0 Å². The topological polar surface area (TPSA) is 74.0 Å². The molecule has 1 heterocycles. The molecule has 0 bridgehead atoms. The van der Waals surface area contributed by atoms with E-state index < -0.39 is 0 Å². The third kappa shape index (κ3) is 4.00. The van der Waals surface area contributed by atoms with Gasteiger partial charge in [-0.25, -0.2) is 0 Å². The van der Waals surface area contributed by atoms with Gasteiger partial charge in [-0.1, -0.05) is 27.4 Å². The molecule has 1 aliphatic carbocycles. The fourth-order valence-electron chi connectivity index (χ4n) is 2.73. The standard InChI is InChI=1S/C17H25N3O2/c1-5-15(21)19-12-6-7-13(9-12)20-16(22)11-8-14(18-10-11)17(2,3)4/h5,8,10,12-13,18H,1,6-7,9H2,2-4H3,(H,19,21)(H,20,22)/t12-,13-/m1/s1. The van der Waals surface area contributed by atoms with Crippen LogP contribution in [0.4, 0.5) is 0 Å². The summed E-state index contributed by atoms with van der Waals surface area (Å²) in [4.78, 5) is 26.8. The van der Waals surface area contributed by atoms with Crippen molar-refractivity contribution in [1.29, 1.82) is 0 Å². The van der Waals surface area contributed by atoms with E-state index in [0.29, 0.717) is 5.56 Å². The van der Waals surface area contributed by atoms with Crippen LogP contribution in [0.2, 0.25) is 0 Å². The lowest BCUT2D eigenvalue weighted by Crippen LogP contribution is -2.36. The first-order valence-corrected chi connectivity index (χ1v) is 7.72. The van der Waals surface area contributed by atoms with Crippen molar-refractivity contribution in [3.8, 4) is 0 Å². The Kier molecular flexibility index (Phi) is 4.74. The van der Waals surface area contributed by atoms with Crippen molar-refractivity contribution in [3.63, 3.8) is 0 Å². The van der Waals surface area contributed by atoms with Crippen molar-refractivity contribution in [3.05, 3.63) is 36.2 Å². The van der Waals surface area contributed by atoms with Gasteiger partial charge in [-0.2, -0.15) is 0 Å². The van der Waals surface area contributed by atoms with Gasteiger partial charge in [0.25, 0.3) is 5.91 Å². The lowest BCUT2D eigenvalue weighted by molar-refractivity contribution is -0.117. The lowest BCUT2D eigenvalue weighted by atomic mass is 9.92. The Morgan fingerprint density at radius 1 is 1.27 bits per heavy atom. The van der Waals surface area contributed by atoms with E-state index >= 15 is 0 Å². The number of carbonyl (C=O) groups excluding carboxylic acids is 2. The van der Waals surface area contributed by atoms with Crippen molar-refractivity contribution in [1.82, 2.24) is 15.6 Å². The molecule has 2 rings (SSSR count). The number of hydrogen-bond donors (Lipinski definition) is 3. The molecule has 1 aromatic heterocycles. The molecule has 1 aliphatic rings. The first-order valence-electron chi connectivity index (χ1n) is 7.72. The van der Waals surface area contributed by atoms with Crippen molar-refractivity contribution in [2.75, 3.05) is 0 Å². The van der Waals surface area contributed by atoms with E-state index in [1.807, 2.05) is 6.07 Å². The number of hydrogen-bond acceptors (Lipinski definition) is 2. The number of carbonyl (C=O) groups is 2. The maximum absolute atomic E-state index is 12.3. The molecule has 0 aromatic carbocycles. The number of rotatable bonds is 4. The summed E-state index contributed by atoms with van der Waals surface area (Å²) in [5.41, 5.74) is 1.69. The largest absolute Gasteiger partial charge is 0.364 e. The Balaban J connectivity index is 1.89. The van der Waals surface area contributed by atoms with Crippen LogP contribution in [0.3, 0.4) is 0 Å². The van der Waals surface area contributed by atoms with Gasteiger partial charge >= 0.3 is 0 Å². The number of nitrogens with one attached hydrogen (secondary N) is 3. The van der Waals surface area contributed by atoms with Crippen LogP contribution in [0.15, 0.2) is 24.9 Å². The monoisotopic (exact) mass is 303 g/mol. The number of aromatic nitrogens is 1. The molecule has 5 heteroatoms. The van der Waals surface area contributed by atoms with Crippen molar-refractivity contribution in [2.24, 2.45) is 0 Å². The average molecular weight is 303 g/mol. The van der Waals surface area contributed by atoms with E-state index in [-0.39, 0.29) is 29.3 Å². The molecule has 1 aromatic rings. The first-order chi connectivity index (χ1) is 10.3. The second kappa shape index (κ2) is 6.38. The molecule has 0 aliphatic heterocycles. The molecular weight excluding hydrogens is 278 g/mol. The van der Waals surface area contributed by atoms with Gasteiger partial charge in [-0.15, -0.1) is 0 Å². The molecule has 5 nitrogen and oxygen atoms in total. The van der Waals surface area contributed by atoms with E-state index in [1.165, 1.54) is 6.08 Å². The zero-order chi connectivity index (χ0) is 16.3. The smallest absolute Gasteiger partial charge is 0.253 e. The Morgan fingerprint density at radius 3 is 2.45 bits per heavy atom. The quantitative estimate of drug-likeness (QED) is 0.746. The summed E-state index contributed by atoms with van der Waals surface area (Å²) >= 11 is 0. The summed E-state index contributed by atoms with van der Waals surface area (Å²) in [5.74, 6) is -0.218. The third-order valence-electron chi connectivity index (χ3n) is 4.05. The Bertz CT molecular complexity index is 569. The van der Waals surface area contributed by atoms with Gasteiger partial charge in [-0.05, 0) is 31.4 Å². The molecule has 22 heavy (non-hydrogen) atoms. The minimum Gasteiger partial charge on any atom is -0.364 e. The van der Waals surface area contributed by atoms with Crippen LogP contribution in [0, 0.1) is 0 Å². The fraction of sp³-hybridized carbons (Fsp3) is 0.529. The molecular formula is C17H25N3O2. The molecule has 120 valence electrons. The summed E-state index contributed by atoms with van der Waals surface area (Å²) in [6.07, 6.45) is 5.55. The van der Waals surface area contributed by atoms with Crippen LogP contribution in [0.25, 0.3) is 0 Å². The average Bonchev–Trinajstić information content (AvgIpc) is 3.07. The predicted molar refractivity (Wildman–Crippen MR) is 86.7 cm³/mol. The van der Waals surface area contributed by atoms with Gasteiger partial charge in [0.15, 0.2) is 0 Å². The molecule has 2 amide bonds. The van der Waals surface area contributed by atoms with Crippen LogP contribution in [0.1, 0.15) is 56.1 Å². The maximum atomic E-state index is 12.3. The number of H-pyrrole nitrogens is 1. The van der Waals surface area contributed by atoms with E-state index in [0.717, 1.165) is 25.0 Å². The molecule has 0 radical (unpaired) electrons. The van der Waals surface area contributed by atoms with Crippen molar-refractivity contribution >= 4 is 11.8 Å². The van der Waals surface area contributed by atoms with Crippen LogP contribution in [0.5, 0.6) is 0 Å². The van der Waals surface area contributed by atoms with Gasteiger partial charge in [0.05, 0.1) is 5.56 Å². The minimum absolute atomic E-state index is 0.00798. The third-order valence-corrected chi connectivity index (χ3v) is 4.05. The number of amides is 2. The van der Waals surface area contributed by atoms with Crippen molar-refractivity contribution in [2.45, 2.75) is 57.5 Å². The van der Waals surface area contributed by atoms with E-state index in [1.54, 1.807) is 6.20 Å². The predicted octanol–water partition coefficient (Wildman–Crippen LogP) is 2.27. The Morgan fingerprint density at radius 2 is 1.91 bits per heavy atom. The molecule has 0 saturated heterocycles. The van der Waals surface area contributed by atoms with Gasteiger partial charge in [-0.3, -0.25) is 9.59 Å². The minimum atomic E-state index is -0.155. The van der Waals surface area contributed by atoms with Gasteiger partial charge in [0.2, 0.25) is 5.91 Å².